The fraction of sp³-hybridized carbons (Fsp3) is 0.385. The number of amides is 1. The summed E-state index contributed by atoms with van der Waals surface area (Å²) in [5.41, 5.74) is -0.517. The molecule has 0 bridgehead atoms. The molecule has 0 aromatic heterocycles. The Hall–Kier alpha value is -2.64. The van der Waals surface area contributed by atoms with Crippen LogP contribution in [0.4, 0.5) is 11.4 Å². The third-order valence-corrected chi connectivity index (χ3v) is 3.14. The average molecular weight is 293 g/mol. The number of carbonyl (C=O) groups is 2. The molecule has 8 heteroatoms. The molecule has 3 N–H and O–H groups in total. The van der Waals surface area contributed by atoms with Crippen molar-refractivity contribution in [3.63, 3.8) is 0 Å². The number of nitro groups is 1. The summed E-state index contributed by atoms with van der Waals surface area (Å²) in [7, 11) is 0. The zero-order valence-electron chi connectivity index (χ0n) is 11.2. The van der Waals surface area contributed by atoms with Gasteiger partial charge in [-0.15, -0.1) is 0 Å². The van der Waals surface area contributed by atoms with Crippen LogP contribution in [0.5, 0.6) is 0 Å². The highest BCUT2D eigenvalue weighted by atomic mass is 16.6. The molecule has 2 rings (SSSR count). The Morgan fingerprint density at radius 3 is 2.62 bits per heavy atom. The predicted octanol–water partition coefficient (Wildman–Crippen LogP) is 1.23. The maximum Gasteiger partial charge on any atom is 0.338 e. The molecule has 1 fully saturated rings. The maximum atomic E-state index is 11.4. The van der Waals surface area contributed by atoms with Crippen molar-refractivity contribution in [2.45, 2.75) is 12.8 Å². The molecule has 1 aromatic carbocycles. The fourth-order valence-corrected chi connectivity index (χ4v) is 1.92. The Balaban J connectivity index is 2.01. The van der Waals surface area contributed by atoms with Crippen LogP contribution in [0, 0.1) is 16.0 Å². The average Bonchev–Trinajstić information content (AvgIpc) is 3.27. The second kappa shape index (κ2) is 6.21. The van der Waals surface area contributed by atoms with Gasteiger partial charge in [-0.1, -0.05) is 6.07 Å². The minimum Gasteiger partial charge on any atom is -0.478 e. The lowest BCUT2D eigenvalue weighted by molar-refractivity contribution is -0.384. The Bertz CT molecular complexity index is 551. The standard InChI is InChI=1S/C13H15N3O5/c17-12(8-4-5-8)15-7-6-14-11-9(13(18)19)2-1-3-10(11)16(20)21/h1-3,8,14H,4-7H2,(H,15,17)(H,18,19). The quantitative estimate of drug-likeness (QED) is 0.395. The first-order chi connectivity index (χ1) is 10.0. The van der Waals surface area contributed by atoms with E-state index in [1.54, 1.807) is 0 Å². The molecule has 0 aliphatic heterocycles. The van der Waals surface area contributed by atoms with Gasteiger partial charge in [0.15, 0.2) is 0 Å². The van der Waals surface area contributed by atoms with E-state index in [4.69, 9.17) is 5.11 Å². The van der Waals surface area contributed by atoms with Crippen molar-refractivity contribution in [3.8, 4) is 0 Å². The molecule has 0 spiro atoms. The van der Waals surface area contributed by atoms with Gasteiger partial charge in [-0.25, -0.2) is 4.79 Å². The van der Waals surface area contributed by atoms with Gasteiger partial charge in [0.05, 0.1) is 10.5 Å². The monoisotopic (exact) mass is 293 g/mol. The molecule has 1 aliphatic carbocycles. The topological polar surface area (TPSA) is 122 Å². The van der Waals surface area contributed by atoms with Gasteiger partial charge in [-0.2, -0.15) is 0 Å². The van der Waals surface area contributed by atoms with Crippen LogP contribution in [0.15, 0.2) is 18.2 Å². The molecule has 1 aliphatic rings. The number of carbonyl (C=O) groups excluding carboxylic acids is 1. The SMILES string of the molecule is O=C(O)c1cccc([N+](=O)[O-])c1NCCNC(=O)C1CC1. The van der Waals surface area contributed by atoms with Crippen molar-refractivity contribution in [2.75, 3.05) is 18.4 Å². The molecule has 1 aromatic rings. The first-order valence-electron chi connectivity index (χ1n) is 6.53. The van der Waals surface area contributed by atoms with Crippen molar-refractivity contribution in [1.29, 1.82) is 0 Å². The first-order valence-corrected chi connectivity index (χ1v) is 6.53. The zero-order valence-corrected chi connectivity index (χ0v) is 11.2. The van der Waals surface area contributed by atoms with Crippen LogP contribution in [0.25, 0.3) is 0 Å². The molecule has 1 amide bonds. The minimum absolute atomic E-state index is 0.0298. The number of benzene rings is 1. The molecule has 0 radical (unpaired) electrons. The molecule has 8 nitrogen and oxygen atoms in total. The Kier molecular flexibility index (Phi) is 4.36. The Morgan fingerprint density at radius 2 is 2.05 bits per heavy atom. The van der Waals surface area contributed by atoms with Crippen LogP contribution in [-0.2, 0) is 4.79 Å². The van der Waals surface area contributed by atoms with Crippen molar-refractivity contribution in [3.05, 3.63) is 33.9 Å². The highest BCUT2D eigenvalue weighted by Crippen LogP contribution is 2.29. The number of para-hydroxylation sites is 1. The number of rotatable bonds is 7. The molecule has 21 heavy (non-hydrogen) atoms. The lowest BCUT2D eigenvalue weighted by Gasteiger charge is -2.10. The van der Waals surface area contributed by atoms with Gasteiger partial charge in [0.1, 0.15) is 5.69 Å². The predicted molar refractivity (Wildman–Crippen MR) is 74.3 cm³/mol. The van der Waals surface area contributed by atoms with Crippen LogP contribution < -0.4 is 10.6 Å². The molecular formula is C13H15N3O5. The Labute approximate surface area is 120 Å². The van der Waals surface area contributed by atoms with Gasteiger partial charge in [0.2, 0.25) is 5.91 Å². The van der Waals surface area contributed by atoms with E-state index in [0.29, 0.717) is 0 Å². The molecular weight excluding hydrogens is 278 g/mol. The van der Waals surface area contributed by atoms with Crippen LogP contribution in [0.2, 0.25) is 0 Å². The third kappa shape index (κ3) is 3.68. The summed E-state index contributed by atoms with van der Waals surface area (Å²) >= 11 is 0. The minimum atomic E-state index is -1.25. The van der Waals surface area contributed by atoms with E-state index in [-0.39, 0.29) is 41.9 Å². The summed E-state index contributed by atoms with van der Waals surface area (Å²) in [6, 6.07) is 3.85. The van der Waals surface area contributed by atoms with E-state index >= 15 is 0 Å². The lowest BCUT2D eigenvalue weighted by atomic mass is 10.1. The van der Waals surface area contributed by atoms with Gasteiger partial charge in [-0.05, 0) is 18.9 Å². The first kappa shape index (κ1) is 14.8. The smallest absolute Gasteiger partial charge is 0.338 e. The van der Waals surface area contributed by atoms with Crippen LogP contribution in [0.1, 0.15) is 23.2 Å². The van der Waals surface area contributed by atoms with Gasteiger partial charge in [-0.3, -0.25) is 14.9 Å². The number of nitrogens with one attached hydrogen (secondary N) is 2. The highest BCUT2D eigenvalue weighted by molar-refractivity contribution is 5.96. The number of nitrogens with zero attached hydrogens (tertiary/aromatic N) is 1. The van der Waals surface area contributed by atoms with E-state index in [1.807, 2.05) is 0 Å². The van der Waals surface area contributed by atoms with Gasteiger partial charge in [0, 0.05) is 25.1 Å². The Morgan fingerprint density at radius 1 is 1.33 bits per heavy atom. The van der Waals surface area contributed by atoms with E-state index in [2.05, 4.69) is 10.6 Å². The van der Waals surface area contributed by atoms with E-state index in [1.165, 1.54) is 18.2 Å². The summed E-state index contributed by atoms with van der Waals surface area (Å²) in [5, 5.41) is 25.4. The molecule has 0 atom stereocenters. The number of carboxylic acids is 1. The molecule has 112 valence electrons. The van der Waals surface area contributed by atoms with Crippen molar-refractivity contribution in [2.24, 2.45) is 5.92 Å². The van der Waals surface area contributed by atoms with Crippen LogP contribution in [-0.4, -0.2) is 35.0 Å². The largest absolute Gasteiger partial charge is 0.478 e. The van der Waals surface area contributed by atoms with E-state index in [0.717, 1.165) is 12.8 Å². The van der Waals surface area contributed by atoms with Gasteiger partial charge < -0.3 is 15.7 Å². The number of hydrogen-bond donors (Lipinski definition) is 3. The maximum absolute atomic E-state index is 11.4. The highest BCUT2D eigenvalue weighted by Gasteiger charge is 2.29. The molecule has 1 saturated carbocycles. The summed E-state index contributed by atoms with van der Waals surface area (Å²) < 4.78 is 0. The molecule has 0 heterocycles. The number of nitro benzene ring substituents is 1. The van der Waals surface area contributed by atoms with Gasteiger partial charge in [0.25, 0.3) is 5.69 Å². The van der Waals surface area contributed by atoms with E-state index in [9.17, 15) is 19.7 Å². The summed E-state index contributed by atoms with van der Waals surface area (Å²) in [6.45, 7) is 0.490. The third-order valence-electron chi connectivity index (χ3n) is 3.14. The second-order valence-electron chi connectivity index (χ2n) is 4.75. The zero-order chi connectivity index (χ0) is 15.4. The fourth-order valence-electron chi connectivity index (χ4n) is 1.92. The summed E-state index contributed by atoms with van der Waals surface area (Å²) in [4.78, 5) is 32.8. The van der Waals surface area contributed by atoms with Gasteiger partial charge >= 0.3 is 5.97 Å². The van der Waals surface area contributed by atoms with Crippen molar-refractivity contribution >= 4 is 23.3 Å². The summed E-state index contributed by atoms with van der Waals surface area (Å²) in [5.74, 6) is -1.19. The van der Waals surface area contributed by atoms with Crippen molar-refractivity contribution < 1.29 is 19.6 Å². The number of carboxylic acid groups (broad SMARTS) is 1. The summed E-state index contributed by atoms with van der Waals surface area (Å²) in [6.07, 6.45) is 1.79. The van der Waals surface area contributed by atoms with Crippen LogP contribution >= 0.6 is 0 Å². The number of aromatic carboxylic acids is 1. The molecule has 0 saturated heterocycles. The van der Waals surface area contributed by atoms with E-state index < -0.39 is 10.9 Å². The molecule has 0 unspecified atom stereocenters. The lowest BCUT2D eigenvalue weighted by Crippen LogP contribution is -2.30. The number of hydrogen-bond acceptors (Lipinski definition) is 5. The van der Waals surface area contributed by atoms with Crippen LogP contribution in [0.3, 0.4) is 0 Å². The normalized spacial score (nSPS) is 13.5. The number of anilines is 1. The second-order valence-corrected chi connectivity index (χ2v) is 4.75. The van der Waals surface area contributed by atoms with Crippen molar-refractivity contribution in [1.82, 2.24) is 5.32 Å².